The van der Waals surface area contributed by atoms with Gasteiger partial charge in [-0.05, 0) is 29.5 Å². The highest BCUT2D eigenvalue weighted by Crippen LogP contribution is 2.44. The van der Waals surface area contributed by atoms with Crippen LogP contribution >= 0.6 is 23.1 Å². The largest absolute Gasteiger partial charge is 0.448 e. The van der Waals surface area contributed by atoms with Crippen molar-refractivity contribution >= 4 is 47.1 Å². The van der Waals surface area contributed by atoms with Gasteiger partial charge in [0.1, 0.15) is 24.2 Å². The molecule has 3 heterocycles. The molecule has 200 valence electrons. The van der Waals surface area contributed by atoms with E-state index in [0.717, 1.165) is 16.0 Å². The summed E-state index contributed by atoms with van der Waals surface area (Å²) in [6.45, 7) is 1.92. The lowest BCUT2D eigenvalue weighted by Crippen LogP contribution is -2.71. The van der Waals surface area contributed by atoms with Crippen molar-refractivity contribution in [3.63, 3.8) is 0 Å². The summed E-state index contributed by atoms with van der Waals surface area (Å²) < 4.78 is 6.12. The van der Waals surface area contributed by atoms with Crippen molar-refractivity contribution in [3.05, 3.63) is 105 Å². The lowest BCUT2D eigenvalue weighted by Gasteiger charge is -2.51. The van der Waals surface area contributed by atoms with E-state index in [1.165, 1.54) is 41.3 Å². The fourth-order valence-corrected chi connectivity index (χ4v) is 6.74. The molecular weight excluding hydrogens is 534 g/mol. The van der Waals surface area contributed by atoms with E-state index in [9.17, 15) is 14.4 Å². The number of hydrogen-bond acceptors (Lipinski definition) is 8. The van der Waals surface area contributed by atoms with Gasteiger partial charge in [0.2, 0.25) is 5.91 Å². The number of rotatable bonds is 9. The number of carbonyl (C=O) groups excluding carboxylic acids is 3. The molecule has 5 rings (SSSR count). The van der Waals surface area contributed by atoms with Gasteiger partial charge in [0.05, 0.1) is 12.6 Å². The van der Waals surface area contributed by atoms with Gasteiger partial charge in [-0.1, -0.05) is 71.9 Å². The third kappa shape index (κ3) is 5.62. The Bertz CT molecular complexity index is 1350. The highest BCUT2D eigenvalue weighted by Gasteiger charge is 2.56. The number of β-lactam (4-membered cyclic amide) rings is 1. The fourth-order valence-electron chi connectivity index (χ4n) is 4.62. The quantitative estimate of drug-likeness (QED) is 0.181. The second-order valence-corrected chi connectivity index (χ2v) is 11.5. The average molecular weight is 562 g/mol. The summed E-state index contributed by atoms with van der Waals surface area (Å²) in [6, 6.07) is 21.9. The van der Waals surface area contributed by atoms with Crippen LogP contribution in [0.2, 0.25) is 0 Å². The number of hydrogen-bond donors (Lipinski definition) is 1. The maximum absolute atomic E-state index is 13.9. The Morgan fingerprint density at radius 3 is 2.31 bits per heavy atom. The smallest absolute Gasteiger partial charge is 0.356 e. The summed E-state index contributed by atoms with van der Waals surface area (Å²) in [5, 5.41) is 7.97. The molecule has 8 nitrogen and oxygen atoms in total. The molecule has 0 bridgehead atoms. The zero-order valence-electron chi connectivity index (χ0n) is 21.4. The highest BCUT2D eigenvalue weighted by molar-refractivity contribution is 8.00. The number of thioether (sulfide) groups is 1. The molecule has 10 heteroatoms. The molecule has 39 heavy (non-hydrogen) atoms. The van der Waals surface area contributed by atoms with Crippen LogP contribution in [-0.2, 0) is 30.4 Å². The normalized spacial score (nSPS) is 20.5. The number of nitrogens with zero attached hydrogens (tertiary/aromatic N) is 2. The van der Waals surface area contributed by atoms with E-state index < -0.39 is 23.5 Å². The number of amides is 2. The minimum Gasteiger partial charge on any atom is -0.448 e. The second kappa shape index (κ2) is 11.9. The Balaban J connectivity index is 1.43. The molecule has 2 amide bonds. The molecule has 1 N–H and O–H groups in total. The van der Waals surface area contributed by atoms with Crippen LogP contribution in [-0.4, -0.2) is 52.7 Å². The molecule has 3 atom stereocenters. The van der Waals surface area contributed by atoms with Gasteiger partial charge < -0.3 is 14.9 Å². The first-order valence-corrected chi connectivity index (χ1v) is 14.2. The van der Waals surface area contributed by atoms with Gasteiger partial charge in [-0.25, -0.2) is 4.79 Å². The number of carbonyl (C=O) groups is 3. The van der Waals surface area contributed by atoms with Crippen LogP contribution in [0.3, 0.4) is 0 Å². The molecule has 3 aromatic rings. The molecule has 0 radical (unpaired) electrons. The number of ether oxygens (including phenoxy) is 1. The number of benzene rings is 2. The Labute approximate surface area is 234 Å². The van der Waals surface area contributed by atoms with E-state index in [2.05, 4.69) is 10.5 Å². The predicted octanol–water partition coefficient (Wildman–Crippen LogP) is 4.30. The van der Waals surface area contributed by atoms with Gasteiger partial charge >= 0.3 is 5.97 Å². The molecule has 2 aliphatic heterocycles. The lowest BCUT2D eigenvalue weighted by molar-refractivity contribution is -0.154. The SMILES string of the molecule is CON=CC1=C(C(=O)OC(c2ccccc2)c2ccccc2)N2C(=O)C(NC(=O)Cc3cccs3)[C@@H]2S[C@@H]1C. The molecule has 1 unspecified atom stereocenters. The molecule has 0 aliphatic carbocycles. The van der Waals surface area contributed by atoms with E-state index in [0.29, 0.717) is 5.57 Å². The molecule has 1 saturated heterocycles. The van der Waals surface area contributed by atoms with Crippen LogP contribution in [0.25, 0.3) is 0 Å². The molecule has 0 spiro atoms. The zero-order valence-corrected chi connectivity index (χ0v) is 23.0. The van der Waals surface area contributed by atoms with E-state index >= 15 is 0 Å². The van der Waals surface area contributed by atoms with Crippen molar-refractivity contribution in [2.45, 2.75) is 36.1 Å². The summed E-state index contributed by atoms with van der Waals surface area (Å²) in [5.41, 5.74) is 2.22. The minimum atomic E-state index is -0.743. The van der Waals surface area contributed by atoms with Gasteiger partial charge in [-0.15, -0.1) is 23.1 Å². The number of fused-ring (bicyclic) bond motifs is 1. The van der Waals surface area contributed by atoms with E-state index in [4.69, 9.17) is 9.57 Å². The van der Waals surface area contributed by atoms with Crippen LogP contribution in [0, 0.1) is 0 Å². The number of oxime groups is 1. The van der Waals surface area contributed by atoms with E-state index in [1.807, 2.05) is 85.1 Å². The molecule has 1 fully saturated rings. The van der Waals surface area contributed by atoms with Crippen LogP contribution in [0.5, 0.6) is 0 Å². The van der Waals surface area contributed by atoms with Crippen molar-refractivity contribution in [1.82, 2.24) is 10.2 Å². The number of nitrogens with one attached hydrogen (secondary N) is 1. The first-order valence-electron chi connectivity index (χ1n) is 12.4. The summed E-state index contributed by atoms with van der Waals surface area (Å²) in [4.78, 5) is 47.1. The maximum atomic E-state index is 13.9. The summed E-state index contributed by atoms with van der Waals surface area (Å²) >= 11 is 2.96. The third-order valence-electron chi connectivity index (χ3n) is 6.49. The minimum absolute atomic E-state index is 0.109. The fraction of sp³-hybridized carbons (Fsp3) is 0.241. The van der Waals surface area contributed by atoms with Gasteiger partial charge in [-0.2, -0.15) is 0 Å². The predicted molar refractivity (Wildman–Crippen MR) is 151 cm³/mol. The van der Waals surface area contributed by atoms with E-state index in [1.54, 1.807) is 0 Å². The Hall–Kier alpha value is -3.89. The maximum Gasteiger partial charge on any atom is 0.356 e. The average Bonchev–Trinajstić information content (AvgIpc) is 3.47. The van der Waals surface area contributed by atoms with Gasteiger partial charge in [-0.3, -0.25) is 14.5 Å². The molecule has 2 aromatic carbocycles. The zero-order chi connectivity index (χ0) is 27.4. The van der Waals surface area contributed by atoms with Crippen LogP contribution in [0.1, 0.15) is 29.0 Å². The highest BCUT2D eigenvalue weighted by atomic mass is 32.2. The summed E-state index contributed by atoms with van der Waals surface area (Å²) in [7, 11) is 1.41. The van der Waals surface area contributed by atoms with Crippen LogP contribution < -0.4 is 5.32 Å². The Morgan fingerprint density at radius 1 is 1.05 bits per heavy atom. The second-order valence-electron chi connectivity index (χ2n) is 9.01. The Morgan fingerprint density at radius 2 is 1.72 bits per heavy atom. The molecule has 2 aliphatic rings. The van der Waals surface area contributed by atoms with Crippen LogP contribution in [0.15, 0.2) is 94.6 Å². The van der Waals surface area contributed by atoms with Gasteiger partial charge in [0, 0.05) is 15.7 Å². The Kier molecular flexibility index (Phi) is 8.13. The van der Waals surface area contributed by atoms with Crippen LogP contribution in [0.4, 0.5) is 0 Å². The molecule has 0 saturated carbocycles. The van der Waals surface area contributed by atoms with Gasteiger partial charge in [0.15, 0.2) is 6.10 Å². The molecular formula is C29H27N3O5S2. The van der Waals surface area contributed by atoms with E-state index in [-0.39, 0.29) is 29.2 Å². The number of esters is 1. The molecule has 1 aromatic heterocycles. The first kappa shape index (κ1) is 26.7. The first-order chi connectivity index (χ1) is 19.0. The van der Waals surface area contributed by atoms with Crippen molar-refractivity contribution < 1.29 is 24.0 Å². The number of thiophene rings is 1. The van der Waals surface area contributed by atoms with Crippen molar-refractivity contribution in [2.75, 3.05) is 7.11 Å². The lowest BCUT2D eigenvalue weighted by atomic mass is 9.99. The summed E-state index contributed by atoms with van der Waals surface area (Å²) in [6.07, 6.45) is 0.954. The third-order valence-corrected chi connectivity index (χ3v) is 8.79. The van der Waals surface area contributed by atoms with Crippen molar-refractivity contribution in [1.29, 1.82) is 0 Å². The monoisotopic (exact) mass is 561 g/mol. The topological polar surface area (TPSA) is 97.3 Å². The van der Waals surface area contributed by atoms with Crippen molar-refractivity contribution in [3.8, 4) is 0 Å². The van der Waals surface area contributed by atoms with Crippen molar-refractivity contribution in [2.24, 2.45) is 5.16 Å². The standard InChI is InChI=1S/C29H27N3O5S2/c1-18-22(17-30-36-2)25(29(35)37-26(19-10-5-3-6-11-19)20-12-7-4-8-13-20)32-27(34)24(28(32)39-18)31-23(33)16-21-14-9-15-38-21/h3-15,17-18,24,26,28H,16H2,1-2H3,(H,31,33)/t18-,24?,28+/m1/s1. The van der Waals surface area contributed by atoms with Gasteiger partial charge in [0.25, 0.3) is 5.91 Å². The summed E-state index contributed by atoms with van der Waals surface area (Å²) in [5.74, 6) is -1.26.